The van der Waals surface area contributed by atoms with E-state index in [0.29, 0.717) is 6.54 Å². The Kier molecular flexibility index (Phi) is 5.63. The molecule has 0 aromatic heterocycles. The highest BCUT2D eigenvalue weighted by Crippen LogP contribution is 2.23. The number of carbonyl (C=O) groups excluding carboxylic acids is 1. The zero-order valence-corrected chi connectivity index (χ0v) is 14.2. The van der Waals surface area contributed by atoms with Gasteiger partial charge in [0.15, 0.2) is 0 Å². The van der Waals surface area contributed by atoms with Crippen molar-refractivity contribution in [3.63, 3.8) is 0 Å². The fourth-order valence-corrected chi connectivity index (χ4v) is 3.11. The molecule has 2 rings (SSSR count). The smallest absolute Gasteiger partial charge is 0.223 e. The van der Waals surface area contributed by atoms with Gasteiger partial charge in [-0.3, -0.25) is 4.79 Å². The van der Waals surface area contributed by atoms with E-state index in [9.17, 15) is 4.79 Å². The predicted molar refractivity (Wildman–Crippen MR) is 91.8 cm³/mol. The quantitative estimate of drug-likeness (QED) is 0.897. The summed E-state index contributed by atoms with van der Waals surface area (Å²) in [4.78, 5) is 12.2. The van der Waals surface area contributed by atoms with E-state index in [4.69, 9.17) is 5.73 Å². The Labute approximate surface area is 134 Å². The van der Waals surface area contributed by atoms with Gasteiger partial charge in [-0.2, -0.15) is 0 Å². The molecule has 0 saturated heterocycles. The van der Waals surface area contributed by atoms with Crippen LogP contribution >= 0.6 is 0 Å². The van der Waals surface area contributed by atoms with Crippen molar-refractivity contribution in [2.75, 3.05) is 6.54 Å². The lowest BCUT2D eigenvalue weighted by Crippen LogP contribution is -2.38. The first-order valence-electron chi connectivity index (χ1n) is 8.49. The van der Waals surface area contributed by atoms with Gasteiger partial charge in [-0.25, -0.2) is 0 Å². The lowest BCUT2D eigenvalue weighted by Gasteiger charge is -2.25. The molecule has 0 bridgehead atoms. The highest BCUT2D eigenvalue weighted by Gasteiger charge is 2.24. The SMILES string of the molecule is CC(C)(C)c1ccc(CCNC(=O)C2CCCC(N)C2)cc1. The van der Waals surface area contributed by atoms with Crippen LogP contribution in [0.25, 0.3) is 0 Å². The van der Waals surface area contributed by atoms with E-state index in [0.717, 1.165) is 32.1 Å². The van der Waals surface area contributed by atoms with Crippen LogP contribution in [0.1, 0.15) is 57.6 Å². The number of amides is 1. The van der Waals surface area contributed by atoms with Gasteiger partial charge in [0.1, 0.15) is 0 Å². The molecule has 1 saturated carbocycles. The molecule has 1 aromatic carbocycles. The first-order chi connectivity index (χ1) is 10.4. The highest BCUT2D eigenvalue weighted by molar-refractivity contribution is 5.78. The Morgan fingerprint density at radius 3 is 2.50 bits per heavy atom. The van der Waals surface area contributed by atoms with Gasteiger partial charge in [0.2, 0.25) is 5.91 Å². The Balaban J connectivity index is 1.77. The molecule has 122 valence electrons. The van der Waals surface area contributed by atoms with Crippen LogP contribution in [0.4, 0.5) is 0 Å². The molecule has 3 nitrogen and oxygen atoms in total. The molecule has 1 aromatic rings. The monoisotopic (exact) mass is 302 g/mol. The lowest BCUT2D eigenvalue weighted by molar-refractivity contribution is -0.126. The number of hydrogen-bond acceptors (Lipinski definition) is 2. The second-order valence-electron chi connectivity index (χ2n) is 7.61. The van der Waals surface area contributed by atoms with Crippen molar-refractivity contribution in [1.29, 1.82) is 0 Å². The van der Waals surface area contributed by atoms with Gasteiger partial charge in [0.25, 0.3) is 0 Å². The molecule has 1 fully saturated rings. The summed E-state index contributed by atoms with van der Waals surface area (Å²) in [5.74, 6) is 0.300. The van der Waals surface area contributed by atoms with Gasteiger partial charge in [0.05, 0.1) is 0 Å². The Hall–Kier alpha value is -1.35. The van der Waals surface area contributed by atoms with Crippen LogP contribution in [0.2, 0.25) is 0 Å². The van der Waals surface area contributed by atoms with Crippen LogP contribution in [0.5, 0.6) is 0 Å². The largest absolute Gasteiger partial charge is 0.356 e. The van der Waals surface area contributed by atoms with Crippen molar-refractivity contribution in [3.8, 4) is 0 Å². The van der Waals surface area contributed by atoms with Crippen LogP contribution < -0.4 is 11.1 Å². The van der Waals surface area contributed by atoms with E-state index >= 15 is 0 Å². The maximum Gasteiger partial charge on any atom is 0.223 e. The van der Waals surface area contributed by atoms with Crippen LogP contribution in [-0.4, -0.2) is 18.5 Å². The molecule has 1 amide bonds. The van der Waals surface area contributed by atoms with Crippen molar-refractivity contribution in [3.05, 3.63) is 35.4 Å². The Morgan fingerprint density at radius 1 is 1.23 bits per heavy atom. The van der Waals surface area contributed by atoms with Crippen molar-refractivity contribution in [2.24, 2.45) is 11.7 Å². The summed E-state index contributed by atoms with van der Waals surface area (Å²) >= 11 is 0. The third-order valence-electron chi connectivity index (χ3n) is 4.62. The van der Waals surface area contributed by atoms with Crippen LogP contribution in [0.15, 0.2) is 24.3 Å². The van der Waals surface area contributed by atoms with Gasteiger partial charge in [-0.1, -0.05) is 51.5 Å². The van der Waals surface area contributed by atoms with Gasteiger partial charge in [0, 0.05) is 18.5 Å². The maximum atomic E-state index is 12.2. The molecule has 3 heteroatoms. The minimum atomic E-state index is 0.118. The summed E-state index contributed by atoms with van der Waals surface area (Å²) < 4.78 is 0. The van der Waals surface area contributed by atoms with E-state index in [1.807, 2.05) is 0 Å². The molecular formula is C19H30N2O. The summed E-state index contributed by atoms with van der Waals surface area (Å²) in [5, 5.41) is 3.07. The van der Waals surface area contributed by atoms with E-state index in [1.165, 1.54) is 11.1 Å². The first kappa shape index (κ1) is 17.0. The van der Waals surface area contributed by atoms with Crippen molar-refractivity contribution < 1.29 is 4.79 Å². The summed E-state index contributed by atoms with van der Waals surface area (Å²) in [6, 6.07) is 8.93. The molecule has 1 aliphatic carbocycles. The zero-order chi connectivity index (χ0) is 16.2. The molecular weight excluding hydrogens is 272 g/mol. The number of benzene rings is 1. The standard InChI is InChI=1S/C19H30N2O/c1-19(2,3)16-9-7-14(8-10-16)11-12-21-18(22)15-5-4-6-17(20)13-15/h7-10,15,17H,4-6,11-13,20H2,1-3H3,(H,21,22). The topological polar surface area (TPSA) is 55.1 Å². The summed E-state index contributed by atoms with van der Waals surface area (Å²) in [6.45, 7) is 7.37. The number of carbonyl (C=O) groups is 1. The lowest BCUT2D eigenvalue weighted by atomic mass is 9.85. The molecule has 1 aliphatic rings. The molecule has 22 heavy (non-hydrogen) atoms. The number of hydrogen-bond donors (Lipinski definition) is 2. The molecule has 3 N–H and O–H groups in total. The minimum absolute atomic E-state index is 0.118. The summed E-state index contributed by atoms with van der Waals surface area (Å²) in [7, 11) is 0. The normalized spacial score (nSPS) is 22.4. The molecule has 0 heterocycles. The van der Waals surface area contributed by atoms with E-state index < -0.39 is 0 Å². The van der Waals surface area contributed by atoms with Crippen LogP contribution in [0.3, 0.4) is 0 Å². The third kappa shape index (κ3) is 4.84. The maximum absolute atomic E-state index is 12.2. The average Bonchev–Trinajstić information content (AvgIpc) is 2.47. The van der Waals surface area contributed by atoms with Gasteiger partial charge in [-0.15, -0.1) is 0 Å². The molecule has 2 unspecified atom stereocenters. The van der Waals surface area contributed by atoms with E-state index in [2.05, 4.69) is 50.4 Å². The van der Waals surface area contributed by atoms with Crippen molar-refractivity contribution >= 4 is 5.91 Å². The highest BCUT2D eigenvalue weighted by atomic mass is 16.1. The predicted octanol–water partition coefficient (Wildman–Crippen LogP) is 3.16. The number of nitrogens with one attached hydrogen (secondary N) is 1. The summed E-state index contributed by atoms with van der Waals surface area (Å²) in [5.41, 5.74) is 8.75. The molecule has 0 aliphatic heterocycles. The Morgan fingerprint density at radius 2 is 1.91 bits per heavy atom. The fourth-order valence-electron chi connectivity index (χ4n) is 3.11. The molecule has 0 spiro atoms. The van der Waals surface area contributed by atoms with Gasteiger partial charge >= 0.3 is 0 Å². The number of rotatable bonds is 4. The average molecular weight is 302 g/mol. The molecule has 0 radical (unpaired) electrons. The van der Waals surface area contributed by atoms with Crippen LogP contribution in [-0.2, 0) is 16.6 Å². The minimum Gasteiger partial charge on any atom is -0.356 e. The number of nitrogens with two attached hydrogens (primary N) is 1. The van der Waals surface area contributed by atoms with E-state index in [1.54, 1.807) is 0 Å². The van der Waals surface area contributed by atoms with Crippen molar-refractivity contribution in [1.82, 2.24) is 5.32 Å². The van der Waals surface area contributed by atoms with Crippen LogP contribution in [0, 0.1) is 5.92 Å². The molecule has 2 atom stereocenters. The van der Waals surface area contributed by atoms with Gasteiger partial charge < -0.3 is 11.1 Å². The Bertz CT molecular complexity index is 487. The second-order valence-corrected chi connectivity index (χ2v) is 7.61. The van der Waals surface area contributed by atoms with E-state index in [-0.39, 0.29) is 23.3 Å². The fraction of sp³-hybridized carbons (Fsp3) is 0.632. The summed E-state index contributed by atoms with van der Waals surface area (Å²) in [6.07, 6.45) is 4.85. The second kappa shape index (κ2) is 7.28. The first-order valence-corrected chi connectivity index (χ1v) is 8.49. The third-order valence-corrected chi connectivity index (χ3v) is 4.62. The zero-order valence-electron chi connectivity index (χ0n) is 14.2. The van der Waals surface area contributed by atoms with Gasteiger partial charge in [-0.05, 0) is 42.2 Å². The van der Waals surface area contributed by atoms with Crippen molar-refractivity contribution in [2.45, 2.75) is 64.3 Å².